The largest absolute Gasteiger partial charge is 0.489 e. The Kier molecular flexibility index (Phi) is 4.99. The van der Waals surface area contributed by atoms with Crippen molar-refractivity contribution in [2.45, 2.75) is 20.1 Å². The second-order valence-electron chi connectivity index (χ2n) is 5.52. The SMILES string of the molecule is CCn1ncc(N)c1C(=O)Nc1ccc(OCc2ccccc2)cc1. The normalized spacial score (nSPS) is 10.4. The van der Waals surface area contributed by atoms with Crippen LogP contribution in [-0.4, -0.2) is 15.7 Å². The van der Waals surface area contributed by atoms with E-state index in [9.17, 15) is 4.79 Å². The van der Waals surface area contributed by atoms with Gasteiger partial charge in [-0.25, -0.2) is 0 Å². The molecule has 0 saturated heterocycles. The first-order chi connectivity index (χ1) is 12.2. The lowest BCUT2D eigenvalue weighted by atomic mass is 10.2. The van der Waals surface area contributed by atoms with Crippen LogP contribution >= 0.6 is 0 Å². The molecule has 0 radical (unpaired) electrons. The summed E-state index contributed by atoms with van der Waals surface area (Å²) < 4.78 is 7.30. The van der Waals surface area contributed by atoms with Crippen molar-refractivity contribution in [3.8, 4) is 5.75 Å². The highest BCUT2D eigenvalue weighted by Gasteiger charge is 2.16. The van der Waals surface area contributed by atoms with Crippen molar-refractivity contribution in [1.29, 1.82) is 0 Å². The van der Waals surface area contributed by atoms with Gasteiger partial charge in [-0.15, -0.1) is 0 Å². The van der Waals surface area contributed by atoms with Gasteiger partial charge in [0.15, 0.2) is 0 Å². The van der Waals surface area contributed by atoms with Crippen LogP contribution in [0.2, 0.25) is 0 Å². The third kappa shape index (κ3) is 3.98. The number of hydrogen-bond donors (Lipinski definition) is 2. The Balaban J connectivity index is 1.62. The number of nitrogens with one attached hydrogen (secondary N) is 1. The number of carbonyl (C=O) groups excluding carboxylic acids is 1. The molecule has 1 amide bonds. The van der Waals surface area contributed by atoms with Crippen LogP contribution in [0.3, 0.4) is 0 Å². The molecule has 3 rings (SSSR count). The fourth-order valence-corrected chi connectivity index (χ4v) is 2.45. The molecule has 0 unspecified atom stereocenters. The van der Waals surface area contributed by atoms with Crippen LogP contribution in [0.4, 0.5) is 11.4 Å². The summed E-state index contributed by atoms with van der Waals surface area (Å²) in [5.74, 6) is 0.453. The van der Waals surface area contributed by atoms with E-state index in [0.29, 0.717) is 30.2 Å². The van der Waals surface area contributed by atoms with Crippen LogP contribution in [0.25, 0.3) is 0 Å². The minimum atomic E-state index is -0.283. The van der Waals surface area contributed by atoms with Crippen molar-refractivity contribution < 1.29 is 9.53 Å². The molecule has 0 bridgehead atoms. The van der Waals surface area contributed by atoms with Crippen LogP contribution in [0, 0.1) is 0 Å². The molecule has 3 aromatic rings. The number of anilines is 2. The van der Waals surface area contributed by atoms with Crippen LogP contribution in [0.1, 0.15) is 23.0 Å². The molecule has 0 saturated carbocycles. The predicted molar refractivity (Wildman–Crippen MR) is 97.5 cm³/mol. The molecule has 3 N–H and O–H groups in total. The van der Waals surface area contributed by atoms with Crippen LogP contribution in [0.5, 0.6) is 5.75 Å². The van der Waals surface area contributed by atoms with Gasteiger partial charge in [0.05, 0.1) is 11.9 Å². The molecular weight excluding hydrogens is 316 g/mol. The topological polar surface area (TPSA) is 82.2 Å². The maximum atomic E-state index is 12.4. The Morgan fingerprint density at radius 3 is 2.56 bits per heavy atom. The summed E-state index contributed by atoms with van der Waals surface area (Å²) in [6.45, 7) is 2.98. The van der Waals surface area contributed by atoms with E-state index in [1.807, 2.05) is 49.4 Å². The fourth-order valence-electron chi connectivity index (χ4n) is 2.45. The fraction of sp³-hybridized carbons (Fsp3) is 0.158. The van der Waals surface area contributed by atoms with E-state index in [1.54, 1.807) is 16.8 Å². The number of nitrogens with two attached hydrogens (primary N) is 1. The Labute approximate surface area is 146 Å². The monoisotopic (exact) mass is 336 g/mol. The minimum absolute atomic E-state index is 0.283. The zero-order valence-corrected chi connectivity index (χ0v) is 14.0. The number of nitrogens with zero attached hydrogens (tertiary/aromatic N) is 2. The van der Waals surface area contributed by atoms with Crippen molar-refractivity contribution in [2.24, 2.45) is 0 Å². The Morgan fingerprint density at radius 1 is 1.16 bits per heavy atom. The molecule has 0 atom stereocenters. The number of nitrogen functional groups attached to an aromatic ring is 1. The molecule has 128 valence electrons. The second-order valence-corrected chi connectivity index (χ2v) is 5.52. The number of amides is 1. The Morgan fingerprint density at radius 2 is 1.88 bits per heavy atom. The van der Waals surface area contributed by atoms with E-state index in [4.69, 9.17) is 10.5 Å². The van der Waals surface area contributed by atoms with Crippen LogP contribution in [0.15, 0.2) is 60.8 Å². The molecule has 0 aliphatic rings. The number of carbonyl (C=O) groups is 1. The molecule has 1 aromatic heterocycles. The van der Waals surface area contributed by atoms with Gasteiger partial charge in [0, 0.05) is 12.2 Å². The molecule has 1 heterocycles. The lowest BCUT2D eigenvalue weighted by Crippen LogP contribution is -2.18. The smallest absolute Gasteiger partial charge is 0.276 e. The van der Waals surface area contributed by atoms with E-state index in [2.05, 4.69) is 10.4 Å². The highest BCUT2D eigenvalue weighted by atomic mass is 16.5. The van der Waals surface area contributed by atoms with Gasteiger partial charge in [-0.3, -0.25) is 9.48 Å². The van der Waals surface area contributed by atoms with Crippen molar-refractivity contribution in [3.05, 3.63) is 72.1 Å². The van der Waals surface area contributed by atoms with E-state index < -0.39 is 0 Å². The molecule has 0 spiro atoms. The van der Waals surface area contributed by atoms with Gasteiger partial charge in [0.1, 0.15) is 18.1 Å². The lowest BCUT2D eigenvalue weighted by Gasteiger charge is -2.09. The number of aryl methyl sites for hydroxylation is 1. The van der Waals surface area contributed by atoms with Gasteiger partial charge >= 0.3 is 0 Å². The van der Waals surface area contributed by atoms with Gasteiger partial charge in [-0.05, 0) is 36.8 Å². The Hall–Kier alpha value is -3.28. The minimum Gasteiger partial charge on any atom is -0.489 e. The number of ether oxygens (including phenoxy) is 1. The average Bonchev–Trinajstić information content (AvgIpc) is 3.03. The first-order valence-electron chi connectivity index (χ1n) is 8.07. The maximum Gasteiger partial charge on any atom is 0.276 e. The maximum absolute atomic E-state index is 12.4. The number of aromatic nitrogens is 2. The quantitative estimate of drug-likeness (QED) is 0.723. The molecule has 0 aliphatic carbocycles. The lowest BCUT2D eigenvalue weighted by molar-refractivity contribution is 0.101. The van der Waals surface area contributed by atoms with Crippen molar-refractivity contribution >= 4 is 17.3 Å². The Bertz CT molecular complexity index is 842. The standard InChI is InChI=1S/C19H20N4O2/c1-2-23-18(17(20)12-21-23)19(24)22-15-8-10-16(11-9-15)25-13-14-6-4-3-5-7-14/h3-12H,2,13,20H2,1H3,(H,22,24). The molecule has 25 heavy (non-hydrogen) atoms. The van der Waals surface area contributed by atoms with Crippen molar-refractivity contribution in [3.63, 3.8) is 0 Å². The highest BCUT2D eigenvalue weighted by molar-refractivity contribution is 6.06. The molecule has 6 nitrogen and oxygen atoms in total. The van der Waals surface area contributed by atoms with Crippen LogP contribution < -0.4 is 15.8 Å². The van der Waals surface area contributed by atoms with Gasteiger partial charge in [0.2, 0.25) is 0 Å². The molecule has 0 fully saturated rings. The van der Waals surface area contributed by atoms with Crippen LogP contribution in [-0.2, 0) is 13.2 Å². The highest BCUT2D eigenvalue weighted by Crippen LogP contribution is 2.19. The van der Waals surface area contributed by atoms with E-state index in [-0.39, 0.29) is 5.91 Å². The average molecular weight is 336 g/mol. The first-order valence-corrected chi connectivity index (χ1v) is 8.07. The third-order valence-electron chi connectivity index (χ3n) is 3.74. The summed E-state index contributed by atoms with van der Waals surface area (Å²) in [6.07, 6.45) is 1.49. The summed E-state index contributed by atoms with van der Waals surface area (Å²) in [4.78, 5) is 12.4. The molecule has 0 aliphatic heterocycles. The third-order valence-corrected chi connectivity index (χ3v) is 3.74. The van der Waals surface area contributed by atoms with Crippen molar-refractivity contribution in [1.82, 2.24) is 9.78 Å². The summed E-state index contributed by atoms with van der Waals surface area (Å²) in [6, 6.07) is 17.2. The van der Waals surface area contributed by atoms with E-state index in [1.165, 1.54) is 6.20 Å². The zero-order chi connectivity index (χ0) is 17.6. The van der Waals surface area contributed by atoms with Crippen molar-refractivity contribution in [2.75, 3.05) is 11.1 Å². The molecule has 6 heteroatoms. The van der Waals surface area contributed by atoms with Gasteiger partial charge in [-0.1, -0.05) is 30.3 Å². The van der Waals surface area contributed by atoms with Gasteiger partial charge in [0.25, 0.3) is 5.91 Å². The number of rotatable bonds is 6. The zero-order valence-electron chi connectivity index (χ0n) is 14.0. The molecular formula is C19H20N4O2. The number of hydrogen-bond acceptors (Lipinski definition) is 4. The predicted octanol–water partition coefficient (Wildman–Crippen LogP) is 3.32. The summed E-state index contributed by atoms with van der Waals surface area (Å²) in [5, 5.41) is 6.90. The summed E-state index contributed by atoms with van der Waals surface area (Å²) in [5.41, 5.74) is 8.32. The van der Waals surface area contributed by atoms with E-state index in [0.717, 1.165) is 11.3 Å². The second kappa shape index (κ2) is 7.53. The van der Waals surface area contributed by atoms with Gasteiger partial charge < -0.3 is 15.8 Å². The van der Waals surface area contributed by atoms with E-state index >= 15 is 0 Å². The van der Waals surface area contributed by atoms with Gasteiger partial charge in [-0.2, -0.15) is 5.10 Å². The summed E-state index contributed by atoms with van der Waals surface area (Å²) >= 11 is 0. The first kappa shape index (κ1) is 16.6. The molecule has 2 aromatic carbocycles. The summed E-state index contributed by atoms with van der Waals surface area (Å²) in [7, 11) is 0. The number of benzene rings is 2.